The lowest BCUT2D eigenvalue weighted by molar-refractivity contribution is 0.739. The van der Waals surface area contributed by atoms with E-state index in [9.17, 15) is 0 Å². The van der Waals surface area contributed by atoms with Gasteiger partial charge in [0.1, 0.15) is 5.84 Å². The minimum absolute atomic E-state index is 0.191. The van der Waals surface area contributed by atoms with Crippen LogP contribution in [-0.2, 0) is 0 Å². The maximum atomic E-state index is 5.03. The van der Waals surface area contributed by atoms with Gasteiger partial charge >= 0.3 is 0 Å². The Morgan fingerprint density at radius 1 is 0.511 bits per heavy atom. The van der Waals surface area contributed by atoms with E-state index in [4.69, 9.17) is 4.99 Å². The van der Waals surface area contributed by atoms with Crippen molar-refractivity contribution in [3.05, 3.63) is 164 Å². The third kappa shape index (κ3) is 4.60. The zero-order valence-corrected chi connectivity index (χ0v) is 26.3. The van der Waals surface area contributed by atoms with E-state index in [1.54, 1.807) is 0 Å². The van der Waals surface area contributed by atoms with Gasteiger partial charge in [-0.15, -0.1) is 0 Å². The molecular formula is C45H34N2. The number of amidine groups is 1. The van der Waals surface area contributed by atoms with Crippen LogP contribution in [0.3, 0.4) is 0 Å². The molecule has 2 atom stereocenters. The Morgan fingerprint density at radius 2 is 1.02 bits per heavy atom. The van der Waals surface area contributed by atoms with Crippen molar-refractivity contribution < 1.29 is 0 Å². The van der Waals surface area contributed by atoms with Gasteiger partial charge in [-0.2, -0.15) is 0 Å². The van der Waals surface area contributed by atoms with Gasteiger partial charge in [-0.3, -0.25) is 4.99 Å². The Balaban J connectivity index is 1.15. The highest BCUT2D eigenvalue weighted by atomic mass is 15.3. The summed E-state index contributed by atoms with van der Waals surface area (Å²) in [5.41, 5.74) is 8.68. The summed E-state index contributed by atoms with van der Waals surface area (Å²) in [5.74, 6) is 1.15. The molecule has 7 aromatic carbocycles. The van der Waals surface area contributed by atoms with E-state index in [0.717, 1.165) is 12.3 Å². The zero-order chi connectivity index (χ0) is 31.3. The molecule has 224 valence electrons. The van der Waals surface area contributed by atoms with E-state index in [1.165, 1.54) is 71.4 Å². The Bertz CT molecular complexity index is 2340. The maximum Gasteiger partial charge on any atom is 0.104 e. The molecule has 0 bridgehead atoms. The van der Waals surface area contributed by atoms with Gasteiger partial charge in [-0.25, -0.2) is 0 Å². The third-order valence-corrected chi connectivity index (χ3v) is 9.89. The highest BCUT2D eigenvalue weighted by Gasteiger charge is 2.34. The van der Waals surface area contributed by atoms with Crippen molar-refractivity contribution in [1.82, 2.24) is 0 Å². The quantitative estimate of drug-likeness (QED) is 0.179. The van der Waals surface area contributed by atoms with Crippen LogP contribution < -0.4 is 4.90 Å². The Labute approximate surface area is 275 Å². The molecule has 1 aliphatic heterocycles. The first-order valence-corrected chi connectivity index (χ1v) is 16.6. The van der Waals surface area contributed by atoms with Crippen LogP contribution in [0.2, 0.25) is 0 Å². The molecule has 0 saturated carbocycles. The first kappa shape index (κ1) is 27.6. The lowest BCUT2D eigenvalue weighted by Gasteiger charge is -2.29. The van der Waals surface area contributed by atoms with Crippen molar-refractivity contribution in [3.8, 4) is 33.4 Å². The second kappa shape index (κ2) is 11.3. The van der Waals surface area contributed by atoms with Gasteiger partial charge in [-0.05, 0) is 83.9 Å². The summed E-state index contributed by atoms with van der Waals surface area (Å²) in [4.78, 5) is 7.44. The number of benzene rings is 7. The normalized spacial score (nSPS) is 17.0. The Kier molecular flexibility index (Phi) is 6.60. The van der Waals surface area contributed by atoms with Crippen LogP contribution in [0.25, 0.3) is 65.7 Å². The van der Waals surface area contributed by atoms with Gasteiger partial charge in [0, 0.05) is 12.1 Å². The van der Waals surface area contributed by atoms with Crippen molar-refractivity contribution in [3.63, 3.8) is 0 Å². The fourth-order valence-electron chi connectivity index (χ4n) is 7.67. The molecular weight excluding hydrogens is 569 g/mol. The third-order valence-electron chi connectivity index (χ3n) is 9.89. The van der Waals surface area contributed by atoms with Crippen molar-refractivity contribution >= 4 is 43.8 Å². The fourth-order valence-corrected chi connectivity index (χ4v) is 7.67. The average Bonchev–Trinajstić information content (AvgIpc) is 3.53. The Morgan fingerprint density at radius 3 is 1.64 bits per heavy atom. The van der Waals surface area contributed by atoms with E-state index >= 15 is 0 Å². The molecule has 0 aromatic heterocycles. The highest BCUT2D eigenvalue weighted by Crippen LogP contribution is 2.44. The van der Waals surface area contributed by atoms with Crippen molar-refractivity contribution in [2.45, 2.75) is 25.4 Å². The Hall–Kier alpha value is -5.73. The van der Waals surface area contributed by atoms with E-state index in [1.807, 2.05) is 0 Å². The molecule has 7 aromatic rings. The summed E-state index contributed by atoms with van der Waals surface area (Å²) in [7, 11) is 0. The van der Waals surface area contributed by atoms with Crippen molar-refractivity contribution in [2.24, 2.45) is 4.99 Å². The number of allylic oxidation sites excluding steroid dienone is 2. The van der Waals surface area contributed by atoms with Gasteiger partial charge in [0.15, 0.2) is 0 Å². The number of nitrogens with zero attached hydrogens (tertiary/aromatic N) is 2. The molecule has 2 aliphatic rings. The van der Waals surface area contributed by atoms with Crippen LogP contribution >= 0.6 is 0 Å². The summed E-state index contributed by atoms with van der Waals surface area (Å²) in [6.45, 7) is 2.20. The summed E-state index contributed by atoms with van der Waals surface area (Å²) in [5, 5.41) is 7.61. The van der Waals surface area contributed by atoms with Gasteiger partial charge in [0.2, 0.25) is 0 Å². The van der Waals surface area contributed by atoms with Crippen LogP contribution in [0.4, 0.5) is 5.69 Å². The van der Waals surface area contributed by atoms with Crippen molar-refractivity contribution in [1.29, 1.82) is 0 Å². The lowest BCUT2D eigenvalue weighted by Crippen LogP contribution is -2.38. The number of fused-ring (bicyclic) bond motifs is 4. The molecule has 2 unspecified atom stereocenters. The van der Waals surface area contributed by atoms with Crippen LogP contribution in [0.5, 0.6) is 0 Å². The molecule has 0 spiro atoms. The zero-order valence-electron chi connectivity index (χ0n) is 26.3. The van der Waals surface area contributed by atoms with E-state index in [0.29, 0.717) is 0 Å². The van der Waals surface area contributed by atoms with Crippen LogP contribution in [0, 0.1) is 0 Å². The molecule has 0 saturated heterocycles. The van der Waals surface area contributed by atoms with Gasteiger partial charge in [0.05, 0.1) is 12.1 Å². The SMILES string of the molecule is CCC1=NC2C=CC=CC2N1c1ccc(-c2c3ccccc3c(-c3ccc(-c4ccc5ccccc5c4)cc3)c3ccccc23)cc1. The molecule has 0 N–H and O–H groups in total. The predicted molar refractivity (Wildman–Crippen MR) is 201 cm³/mol. The first-order valence-electron chi connectivity index (χ1n) is 16.6. The molecule has 47 heavy (non-hydrogen) atoms. The number of hydrogen-bond donors (Lipinski definition) is 0. The molecule has 0 amide bonds. The maximum absolute atomic E-state index is 5.03. The summed E-state index contributed by atoms with van der Waals surface area (Å²) in [6, 6.07) is 51.8. The largest absolute Gasteiger partial charge is 0.321 e. The van der Waals surface area contributed by atoms with Gasteiger partial charge in [0.25, 0.3) is 0 Å². The minimum Gasteiger partial charge on any atom is -0.321 e. The smallest absolute Gasteiger partial charge is 0.104 e. The van der Waals surface area contributed by atoms with E-state index in [-0.39, 0.29) is 12.1 Å². The first-order chi connectivity index (χ1) is 23.3. The average molecular weight is 603 g/mol. The second-order valence-corrected chi connectivity index (χ2v) is 12.5. The summed E-state index contributed by atoms with van der Waals surface area (Å²) < 4.78 is 0. The number of hydrogen-bond acceptors (Lipinski definition) is 2. The molecule has 9 rings (SSSR count). The minimum atomic E-state index is 0.191. The van der Waals surface area contributed by atoms with Crippen LogP contribution in [0.1, 0.15) is 13.3 Å². The molecule has 2 nitrogen and oxygen atoms in total. The lowest BCUT2D eigenvalue weighted by atomic mass is 9.85. The monoisotopic (exact) mass is 602 g/mol. The van der Waals surface area contributed by atoms with E-state index < -0.39 is 0 Å². The standard InChI is InChI=1S/C45H34N2/c1-2-43-46-41-17-9-10-18-42(41)47(43)36-27-25-33(26-28-36)45-39-15-7-5-13-37(39)44(38-14-6-8-16-40(38)45)32-22-19-31(20-23-32)35-24-21-30-11-3-4-12-34(30)29-35/h3-29,41-42H,2H2,1H3. The molecule has 0 radical (unpaired) electrons. The van der Waals surface area contributed by atoms with Crippen molar-refractivity contribution in [2.75, 3.05) is 4.90 Å². The summed E-state index contributed by atoms with van der Waals surface area (Å²) in [6.07, 6.45) is 9.66. The van der Waals surface area contributed by atoms with E-state index in [2.05, 4.69) is 176 Å². The van der Waals surface area contributed by atoms with Crippen LogP contribution in [0.15, 0.2) is 169 Å². The number of aliphatic imine (C=N–C) groups is 1. The number of rotatable bonds is 5. The summed E-state index contributed by atoms with van der Waals surface area (Å²) >= 11 is 0. The molecule has 1 heterocycles. The predicted octanol–water partition coefficient (Wildman–Crippen LogP) is 11.6. The molecule has 2 heteroatoms. The molecule has 1 aliphatic carbocycles. The van der Waals surface area contributed by atoms with Crippen LogP contribution in [-0.4, -0.2) is 17.9 Å². The highest BCUT2D eigenvalue weighted by molar-refractivity contribution is 6.21. The van der Waals surface area contributed by atoms with Gasteiger partial charge in [-0.1, -0.05) is 153 Å². The van der Waals surface area contributed by atoms with Gasteiger partial charge < -0.3 is 4.90 Å². The second-order valence-electron chi connectivity index (χ2n) is 12.5. The number of anilines is 1. The topological polar surface area (TPSA) is 15.6 Å². The fraction of sp³-hybridized carbons (Fsp3) is 0.0889. The molecule has 0 fully saturated rings.